The predicted molar refractivity (Wildman–Crippen MR) is 94.3 cm³/mol. The number of carbonyl (C=O) groups excluding carboxylic acids is 1. The van der Waals surface area contributed by atoms with Crippen molar-refractivity contribution in [3.63, 3.8) is 0 Å². The molecule has 1 N–H and O–H groups in total. The second kappa shape index (κ2) is 7.72. The number of carbonyl (C=O) groups is 1. The number of amides is 1. The molecule has 128 valence electrons. The minimum atomic E-state index is -0.0880. The van der Waals surface area contributed by atoms with E-state index in [1.807, 2.05) is 25.3 Å². The number of aromatic nitrogens is 2. The number of piperidine rings is 1. The average molecular weight is 346 g/mol. The zero-order valence-corrected chi connectivity index (χ0v) is 14.8. The third-order valence-corrected chi connectivity index (χ3v) is 4.75. The van der Waals surface area contributed by atoms with E-state index in [0.717, 1.165) is 48.8 Å². The molecule has 1 aliphatic heterocycles. The lowest BCUT2D eigenvalue weighted by Crippen LogP contribution is -2.40. The number of thiazole rings is 1. The number of nitrogens with one attached hydrogen (secondary N) is 1. The van der Waals surface area contributed by atoms with E-state index in [1.54, 1.807) is 6.20 Å². The zero-order chi connectivity index (χ0) is 16.9. The summed E-state index contributed by atoms with van der Waals surface area (Å²) in [5.41, 5.74) is 0.968. The molecule has 3 heterocycles. The van der Waals surface area contributed by atoms with Gasteiger partial charge in [0, 0.05) is 49.0 Å². The summed E-state index contributed by atoms with van der Waals surface area (Å²) < 4.78 is 6.11. The third-order valence-electron chi connectivity index (χ3n) is 3.85. The Bertz CT molecular complexity index is 703. The van der Waals surface area contributed by atoms with E-state index < -0.39 is 0 Å². The minimum Gasteiger partial charge on any atom is -0.489 e. The Morgan fingerprint density at radius 3 is 3.17 bits per heavy atom. The number of pyridine rings is 1. The molecule has 0 spiro atoms. The summed E-state index contributed by atoms with van der Waals surface area (Å²) in [6.07, 6.45) is 6.01. The van der Waals surface area contributed by atoms with Gasteiger partial charge in [-0.3, -0.25) is 14.7 Å². The van der Waals surface area contributed by atoms with Crippen LogP contribution in [-0.2, 0) is 11.3 Å². The molecule has 2 aromatic rings. The van der Waals surface area contributed by atoms with Crippen molar-refractivity contribution in [2.24, 2.45) is 0 Å². The Morgan fingerprint density at radius 1 is 1.50 bits per heavy atom. The number of likely N-dealkylation sites (tertiary alicyclic amines) is 1. The number of rotatable bonds is 5. The third kappa shape index (κ3) is 4.75. The van der Waals surface area contributed by atoms with Crippen molar-refractivity contribution in [3.05, 3.63) is 35.1 Å². The Labute approximate surface area is 145 Å². The lowest BCUT2D eigenvalue weighted by molar-refractivity contribution is -0.114. The van der Waals surface area contributed by atoms with Crippen LogP contribution in [0.15, 0.2) is 24.5 Å². The Hall–Kier alpha value is -1.99. The van der Waals surface area contributed by atoms with E-state index in [9.17, 15) is 4.79 Å². The molecule has 6 nitrogen and oxygen atoms in total. The van der Waals surface area contributed by atoms with Crippen LogP contribution in [0, 0.1) is 6.92 Å². The van der Waals surface area contributed by atoms with Crippen LogP contribution in [0.3, 0.4) is 0 Å². The number of anilines is 1. The van der Waals surface area contributed by atoms with Crippen LogP contribution < -0.4 is 10.1 Å². The summed E-state index contributed by atoms with van der Waals surface area (Å²) in [4.78, 5) is 23.1. The van der Waals surface area contributed by atoms with E-state index >= 15 is 0 Å². The van der Waals surface area contributed by atoms with Gasteiger partial charge in [-0.25, -0.2) is 4.98 Å². The quantitative estimate of drug-likeness (QED) is 0.902. The molecular weight excluding hydrogens is 324 g/mol. The molecule has 1 amide bonds. The Balaban J connectivity index is 1.55. The molecule has 1 atom stereocenters. The molecule has 0 unspecified atom stereocenters. The first-order valence-corrected chi connectivity index (χ1v) is 8.94. The fraction of sp³-hybridized carbons (Fsp3) is 0.471. The molecule has 1 fully saturated rings. The maximum Gasteiger partial charge on any atom is 0.223 e. The molecule has 3 rings (SSSR count). The number of aryl methyl sites for hydroxylation is 1. The van der Waals surface area contributed by atoms with Crippen LogP contribution in [0.1, 0.15) is 30.3 Å². The maximum atomic E-state index is 11.1. The molecule has 2 aromatic heterocycles. The Kier molecular flexibility index (Phi) is 5.42. The van der Waals surface area contributed by atoms with E-state index in [2.05, 4.69) is 20.2 Å². The van der Waals surface area contributed by atoms with Gasteiger partial charge in [0.2, 0.25) is 5.91 Å². The topological polar surface area (TPSA) is 67.4 Å². The summed E-state index contributed by atoms with van der Waals surface area (Å²) in [6, 6.07) is 3.89. The number of hydrogen-bond acceptors (Lipinski definition) is 6. The van der Waals surface area contributed by atoms with Gasteiger partial charge in [0.15, 0.2) is 5.13 Å². The minimum absolute atomic E-state index is 0.0880. The monoisotopic (exact) mass is 346 g/mol. The first kappa shape index (κ1) is 16.9. The van der Waals surface area contributed by atoms with Crippen molar-refractivity contribution in [2.45, 2.75) is 39.3 Å². The van der Waals surface area contributed by atoms with Gasteiger partial charge in [0.25, 0.3) is 0 Å². The summed E-state index contributed by atoms with van der Waals surface area (Å²) in [6.45, 7) is 6.26. The van der Waals surface area contributed by atoms with E-state index in [-0.39, 0.29) is 12.0 Å². The largest absolute Gasteiger partial charge is 0.489 e. The molecule has 1 aliphatic rings. The van der Waals surface area contributed by atoms with Gasteiger partial charge < -0.3 is 10.1 Å². The highest BCUT2D eigenvalue weighted by atomic mass is 32.1. The summed E-state index contributed by atoms with van der Waals surface area (Å²) in [7, 11) is 0. The van der Waals surface area contributed by atoms with E-state index in [4.69, 9.17) is 4.74 Å². The maximum absolute atomic E-state index is 11.1. The molecule has 0 saturated carbocycles. The fourth-order valence-corrected chi connectivity index (χ4v) is 3.75. The van der Waals surface area contributed by atoms with Gasteiger partial charge >= 0.3 is 0 Å². The summed E-state index contributed by atoms with van der Waals surface area (Å²) >= 11 is 1.53. The van der Waals surface area contributed by atoms with Crippen LogP contribution in [0.2, 0.25) is 0 Å². The lowest BCUT2D eigenvalue weighted by Gasteiger charge is -2.32. The molecule has 1 saturated heterocycles. The number of ether oxygens (including phenoxy) is 1. The average Bonchev–Trinajstić information content (AvgIpc) is 2.94. The normalized spacial score (nSPS) is 18.3. The highest BCUT2D eigenvalue weighted by molar-refractivity contribution is 7.15. The highest BCUT2D eigenvalue weighted by Crippen LogP contribution is 2.23. The van der Waals surface area contributed by atoms with E-state index in [0.29, 0.717) is 5.13 Å². The SMILES string of the molecule is CC(=O)Nc1ncc(CN2CCC[C@H](Oc3ccnc(C)c3)C2)s1. The van der Waals surface area contributed by atoms with Crippen LogP contribution in [0.25, 0.3) is 0 Å². The van der Waals surface area contributed by atoms with Crippen molar-refractivity contribution in [1.29, 1.82) is 0 Å². The molecule has 0 aromatic carbocycles. The summed E-state index contributed by atoms with van der Waals surface area (Å²) in [5.74, 6) is 0.801. The zero-order valence-electron chi connectivity index (χ0n) is 14.0. The first-order valence-electron chi connectivity index (χ1n) is 8.12. The van der Waals surface area contributed by atoms with Crippen molar-refractivity contribution < 1.29 is 9.53 Å². The van der Waals surface area contributed by atoms with Gasteiger partial charge in [-0.2, -0.15) is 0 Å². The molecule has 7 heteroatoms. The summed E-state index contributed by atoms with van der Waals surface area (Å²) in [5, 5.41) is 3.39. The van der Waals surface area contributed by atoms with Crippen LogP contribution in [0.4, 0.5) is 5.13 Å². The van der Waals surface area contributed by atoms with Crippen LogP contribution in [-0.4, -0.2) is 40.0 Å². The highest BCUT2D eigenvalue weighted by Gasteiger charge is 2.22. The molecule has 0 radical (unpaired) electrons. The molecule has 0 aliphatic carbocycles. The van der Waals surface area contributed by atoms with Gasteiger partial charge in [0.1, 0.15) is 11.9 Å². The standard InChI is InChI=1S/C17H22N4O2S/c1-12-8-14(5-6-18-12)23-15-4-3-7-21(10-15)11-16-9-19-17(24-16)20-13(2)22/h5-6,8-9,15H,3-4,7,10-11H2,1-2H3,(H,19,20,22)/t15-/m0/s1. The van der Waals surface area contributed by atoms with Crippen molar-refractivity contribution in [1.82, 2.24) is 14.9 Å². The molecular formula is C17H22N4O2S. The first-order chi connectivity index (χ1) is 11.6. The smallest absolute Gasteiger partial charge is 0.223 e. The van der Waals surface area contributed by atoms with Gasteiger partial charge in [0.05, 0.1) is 0 Å². The van der Waals surface area contributed by atoms with Crippen LogP contribution in [0.5, 0.6) is 5.75 Å². The molecule has 24 heavy (non-hydrogen) atoms. The number of nitrogens with zero attached hydrogens (tertiary/aromatic N) is 3. The van der Waals surface area contributed by atoms with Gasteiger partial charge in [-0.05, 0) is 32.4 Å². The van der Waals surface area contributed by atoms with E-state index in [1.165, 1.54) is 18.3 Å². The van der Waals surface area contributed by atoms with Gasteiger partial charge in [-0.1, -0.05) is 0 Å². The van der Waals surface area contributed by atoms with Crippen molar-refractivity contribution in [2.75, 3.05) is 18.4 Å². The van der Waals surface area contributed by atoms with Crippen LogP contribution >= 0.6 is 11.3 Å². The second-order valence-corrected chi connectivity index (χ2v) is 7.18. The Morgan fingerprint density at radius 2 is 2.38 bits per heavy atom. The fourth-order valence-electron chi connectivity index (χ4n) is 2.85. The van der Waals surface area contributed by atoms with Crippen molar-refractivity contribution in [3.8, 4) is 5.75 Å². The number of hydrogen-bond donors (Lipinski definition) is 1. The van der Waals surface area contributed by atoms with Crippen molar-refractivity contribution >= 4 is 22.4 Å². The predicted octanol–water partition coefficient (Wildman–Crippen LogP) is 2.85. The van der Waals surface area contributed by atoms with Gasteiger partial charge in [-0.15, -0.1) is 11.3 Å². The second-order valence-electron chi connectivity index (χ2n) is 6.06. The molecule has 0 bridgehead atoms. The lowest BCUT2D eigenvalue weighted by atomic mass is 10.1.